The molecule has 0 aliphatic rings. The van der Waals surface area contributed by atoms with Gasteiger partial charge in [-0.2, -0.15) is 4.99 Å². The minimum absolute atomic E-state index is 0.227. The molecule has 136 valence electrons. The van der Waals surface area contributed by atoms with Crippen LogP contribution in [0.3, 0.4) is 0 Å². The Hall–Kier alpha value is -2.61. The highest BCUT2D eigenvalue weighted by Gasteiger charge is 2.11. The van der Waals surface area contributed by atoms with Crippen molar-refractivity contribution in [1.82, 2.24) is 0 Å². The van der Waals surface area contributed by atoms with Crippen LogP contribution in [-0.2, 0) is 6.42 Å². The summed E-state index contributed by atoms with van der Waals surface area (Å²) in [6.07, 6.45) is 2.19. The Morgan fingerprint density at radius 2 is 1.52 bits per heavy atom. The average Bonchev–Trinajstić information content (AvgIpc) is 2.65. The van der Waals surface area contributed by atoms with Gasteiger partial charge in [-0.1, -0.05) is 49.7 Å². The van der Waals surface area contributed by atoms with Crippen LogP contribution in [0.15, 0.2) is 59.6 Å². The first-order valence-corrected chi connectivity index (χ1v) is 9.52. The van der Waals surface area contributed by atoms with Crippen LogP contribution >= 0.6 is 12.2 Å². The molecule has 0 saturated heterocycles. The number of benzene rings is 3. The minimum atomic E-state index is -0.227. The van der Waals surface area contributed by atoms with Gasteiger partial charge in [-0.15, -0.1) is 0 Å². The monoisotopic (exact) mass is 375 g/mol. The highest BCUT2D eigenvalue weighted by atomic mass is 32.1. The summed E-state index contributed by atoms with van der Waals surface area (Å²) in [6.45, 7) is 6.07. The maximum absolute atomic E-state index is 14.9. The quantitative estimate of drug-likeness (QED) is 0.333. The van der Waals surface area contributed by atoms with E-state index in [9.17, 15) is 4.39 Å². The number of rotatable bonds is 5. The maximum atomic E-state index is 14.9. The molecule has 27 heavy (non-hydrogen) atoms. The van der Waals surface area contributed by atoms with Gasteiger partial charge in [0, 0.05) is 5.56 Å². The van der Waals surface area contributed by atoms with E-state index in [0.29, 0.717) is 5.56 Å². The van der Waals surface area contributed by atoms with Crippen molar-refractivity contribution in [3.8, 4) is 22.3 Å². The molecule has 0 saturated carbocycles. The van der Waals surface area contributed by atoms with Gasteiger partial charge in [0.05, 0.1) is 10.8 Å². The van der Waals surface area contributed by atoms with Gasteiger partial charge in [0.1, 0.15) is 5.82 Å². The van der Waals surface area contributed by atoms with Crippen molar-refractivity contribution >= 4 is 23.1 Å². The van der Waals surface area contributed by atoms with Gasteiger partial charge in [0.15, 0.2) is 0 Å². The van der Waals surface area contributed by atoms with Crippen molar-refractivity contribution in [2.75, 3.05) is 0 Å². The van der Waals surface area contributed by atoms with Crippen LogP contribution in [0.5, 0.6) is 0 Å². The molecule has 3 aromatic carbocycles. The summed E-state index contributed by atoms with van der Waals surface area (Å²) in [4.78, 5) is 4.11. The number of hydrogen-bond acceptors (Lipinski definition) is 2. The van der Waals surface area contributed by atoms with Crippen molar-refractivity contribution in [2.45, 2.75) is 33.6 Å². The van der Waals surface area contributed by atoms with Gasteiger partial charge in [-0.05, 0) is 84.1 Å². The zero-order valence-corrected chi connectivity index (χ0v) is 16.7. The van der Waals surface area contributed by atoms with Crippen LogP contribution in [0, 0.1) is 19.7 Å². The summed E-state index contributed by atoms with van der Waals surface area (Å²) >= 11 is 4.71. The lowest BCUT2D eigenvalue weighted by Gasteiger charge is -2.11. The second-order valence-corrected chi connectivity index (χ2v) is 6.99. The number of nitrogens with zero attached hydrogens (tertiary/aromatic N) is 1. The Morgan fingerprint density at radius 1 is 0.889 bits per heavy atom. The standard InChI is InChI=1S/C24H22FNS/c1-4-5-18-6-8-19(9-7-18)20-10-11-22(23(25)14-20)21-12-16(2)24(26-15-27)17(3)13-21/h6-14H,4-5H2,1-3H3. The second kappa shape index (κ2) is 8.39. The molecule has 0 aliphatic heterocycles. The van der Waals surface area contributed by atoms with E-state index in [1.165, 1.54) is 5.56 Å². The zero-order chi connectivity index (χ0) is 19.4. The third kappa shape index (κ3) is 4.21. The fraction of sp³-hybridized carbons (Fsp3) is 0.208. The Labute approximate surface area is 165 Å². The van der Waals surface area contributed by atoms with Gasteiger partial charge in [0.25, 0.3) is 0 Å². The first-order chi connectivity index (χ1) is 13.0. The number of aliphatic imine (C=N–C) groups is 1. The molecule has 1 nitrogen and oxygen atoms in total. The molecule has 0 radical (unpaired) electrons. The van der Waals surface area contributed by atoms with E-state index in [2.05, 4.69) is 41.3 Å². The lowest BCUT2D eigenvalue weighted by molar-refractivity contribution is 0.632. The predicted octanol–water partition coefficient (Wildman–Crippen LogP) is 7.46. The number of isothiocyanates is 1. The van der Waals surface area contributed by atoms with Crippen molar-refractivity contribution < 1.29 is 4.39 Å². The second-order valence-electron chi connectivity index (χ2n) is 6.80. The van der Waals surface area contributed by atoms with Crippen LogP contribution in [0.25, 0.3) is 22.3 Å². The van der Waals surface area contributed by atoms with E-state index >= 15 is 0 Å². The summed E-state index contributed by atoms with van der Waals surface area (Å²) in [6, 6.07) is 17.7. The molecule has 0 N–H and O–H groups in total. The smallest absolute Gasteiger partial charge is 0.131 e. The fourth-order valence-corrected chi connectivity index (χ4v) is 3.51. The fourth-order valence-electron chi connectivity index (χ4n) is 3.41. The first kappa shape index (κ1) is 19.2. The largest absolute Gasteiger partial charge is 0.206 e. The Balaban J connectivity index is 1.96. The van der Waals surface area contributed by atoms with E-state index in [-0.39, 0.29) is 5.82 Å². The lowest BCUT2D eigenvalue weighted by atomic mass is 9.96. The van der Waals surface area contributed by atoms with Gasteiger partial charge < -0.3 is 0 Å². The lowest BCUT2D eigenvalue weighted by Crippen LogP contribution is -1.90. The van der Waals surface area contributed by atoms with Crippen molar-refractivity contribution in [3.05, 3.63) is 77.1 Å². The van der Waals surface area contributed by atoms with E-state index in [0.717, 1.165) is 46.3 Å². The van der Waals surface area contributed by atoms with Crippen LogP contribution in [0.2, 0.25) is 0 Å². The Bertz CT molecular complexity index is 992. The minimum Gasteiger partial charge on any atom is -0.206 e. The molecule has 0 aromatic heterocycles. The number of hydrogen-bond donors (Lipinski definition) is 0. The summed E-state index contributed by atoms with van der Waals surface area (Å²) in [5.74, 6) is -0.227. The number of halogens is 1. The van der Waals surface area contributed by atoms with E-state index in [1.54, 1.807) is 6.07 Å². The molecule has 0 unspecified atom stereocenters. The maximum Gasteiger partial charge on any atom is 0.131 e. The third-order valence-electron chi connectivity index (χ3n) is 4.75. The molecule has 0 spiro atoms. The molecule has 3 aromatic rings. The van der Waals surface area contributed by atoms with Crippen LogP contribution < -0.4 is 0 Å². The van der Waals surface area contributed by atoms with Gasteiger partial charge >= 0.3 is 0 Å². The average molecular weight is 376 g/mol. The molecular formula is C24H22FNS. The predicted molar refractivity (Wildman–Crippen MR) is 115 cm³/mol. The normalized spacial score (nSPS) is 10.5. The molecule has 0 aliphatic carbocycles. The number of thiocarbonyl (C=S) groups is 1. The molecule has 0 fully saturated rings. The van der Waals surface area contributed by atoms with Crippen LogP contribution in [-0.4, -0.2) is 5.16 Å². The van der Waals surface area contributed by atoms with Crippen molar-refractivity contribution in [3.63, 3.8) is 0 Å². The molecule has 0 atom stereocenters. The molecule has 0 bridgehead atoms. The van der Waals surface area contributed by atoms with Gasteiger partial charge in [-0.25, -0.2) is 4.39 Å². The third-order valence-corrected chi connectivity index (χ3v) is 4.85. The molecule has 3 rings (SSSR count). The molecule has 0 heterocycles. The SMILES string of the molecule is CCCc1ccc(-c2ccc(-c3cc(C)c(N=C=S)c(C)c3)c(F)c2)cc1. The highest BCUT2D eigenvalue weighted by Crippen LogP contribution is 2.33. The van der Waals surface area contributed by atoms with Gasteiger partial charge in [0.2, 0.25) is 0 Å². The Morgan fingerprint density at radius 3 is 2.07 bits per heavy atom. The topological polar surface area (TPSA) is 12.4 Å². The molecule has 0 amide bonds. The van der Waals surface area contributed by atoms with Crippen molar-refractivity contribution in [2.24, 2.45) is 4.99 Å². The van der Waals surface area contributed by atoms with Gasteiger partial charge in [-0.3, -0.25) is 0 Å². The van der Waals surface area contributed by atoms with Crippen LogP contribution in [0.1, 0.15) is 30.0 Å². The summed E-state index contributed by atoms with van der Waals surface area (Å²) in [5, 5.41) is 2.41. The molecule has 3 heteroatoms. The van der Waals surface area contributed by atoms with E-state index in [4.69, 9.17) is 12.2 Å². The van der Waals surface area contributed by atoms with E-state index < -0.39 is 0 Å². The zero-order valence-electron chi connectivity index (χ0n) is 15.8. The summed E-state index contributed by atoms with van der Waals surface area (Å²) < 4.78 is 14.9. The van der Waals surface area contributed by atoms with Crippen molar-refractivity contribution in [1.29, 1.82) is 0 Å². The highest BCUT2D eigenvalue weighted by molar-refractivity contribution is 7.78. The summed E-state index contributed by atoms with van der Waals surface area (Å²) in [5.41, 5.74) is 7.37. The van der Waals surface area contributed by atoms with E-state index in [1.807, 2.05) is 38.1 Å². The van der Waals surface area contributed by atoms with Crippen LogP contribution in [0.4, 0.5) is 10.1 Å². The first-order valence-electron chi connectivity index (χ1n) is 9.12. The summed E-state index contributed by atoms with van der Waals surface area (Å²) in [7, 11) is 0. The number of aryl methyl sites for hydroxylation is 3. The molecular weight excluding hydrogens is 353 g/mol. The Kier molecular flexibility index (Phi) is 5.95.